The van der Waals surface area contributed by atoms with Crippen LogP contribution in [0.3, 0.4) is 0 Å². The van der Waals surface area contributed by atoms with Crippen molar-refractivity contribution in [2.24, 2.45) is 5.92 Å². The Balaban J connectivity index is 1.43. The predicted molar refractivity (Wildman–Crippen MR) is 161 cm³/mol. The van der Waals surface area contributed by atoms with Crippen molar-refractivity contribution in [3.63, 3.8) is 0 Å². The van der Waals surface area contributed by atoms with Gasteiger partial charge in [0.1, 0.15) is 5.75 Å². The zero-order chi connectivity index (χ0) is 29.6. The number of hydrogen-bond donors (Lipinski definition) is 1. The Hall–Kier alpha value is -3.56. The van der Waals surface area contributed by atoms with Crippen molar-refractivity contribution in [1.82, 2.24) is 10.2 Å². The number of methoxy groups -OCH3 is 1. The number of halogens is 1. The number of carbonyl (C=O) groups excluding carboxylic acids is 2. The topological polar surface area (TPSA) is 96.0 Å². The minimum Gasteiger partial charge on any atom is -0.497 e. The molecule has 2 fully saturated rings. The number of rotatable bonds is 7. The molecule has 1 saturated heterocycles. The number of sulfonamides is 1. The summed E-state index contributed by atoms with van der Waals surface area (Å²) in [6.45, 7) is 2.91. The third-order valence-electron chi connectivity index (χ3n) is 9.02. The van der Waals surface area contributed by atoms with E-state index in [1.807, 2.05) is 29.2 Å². The molecule has 0 radical (unpaired) electrons. The maximum absolute atomic E-state index is 14.4. The number of fused-ring (bicyclic) bond motifs is 2. The van der Waals surface area contributed by atoms with E-state index in [0.29, 0.717) is 48.0 Å². The molecule has 0 bridgehead atoms. The summed E-state index contributed by atoms with van der Waals surface area (Å²) in [5.41, 5.74) is 2.22. The number of nitrogens with one attached hydrogen (secondary N) is 1. The minimum atomic E-state index is -3.97. The summed E-state index contributed by atoms with van der Waals surface area (Å²) >= 11 is 6.29. The largest absolute Gasteiger partial charge is 0.497 e. The molecule has 1 atom stereocenters. The van der Waals surface area contributed by atoms with Crippen molar-refractivity contribution in [3.8, 4) is 5.75 Å². The molecule has 10 heteroatoms. The van der Waals surface area contributed by atoms with Gasteiger partial charge in [-0.3, -0.25) is 13.9 Å². The molecule has 2 heterocycles. The lowest BCUT2D eigenvalue weighted by Crippen LogP contribution is -2.54. The summed E-state index contributed by atoms with van der Waals surface area (Å²) in [5, 5.41) is 3.54. The number of amides is 2. The fraction of sp³-hybridized carbons (Fsp3) is 0.375. The van der Waals surface area contributed by atoms with Crippen LogP contribution in [0.15, 0.2) is 71.6 Å². The molecule has 6 rings (SSSR count). The SMILES string of the molecule is COc1cccc(S(=O)(=O)N2c3ccc(C(=O)NCc4ccccc4Cl)cc3C3(CCN(C(C)=O)CC3)C2C2CC2)c1. The number of hydrogen-bond acceptors (Lipinski definition) is 5. The minimum absolute atomic E-state index is 0.0135. The molecule has 3 aliphatic rings. The van der Waals surface area contributed by atoms with Crippen LogP contribution in [0.1, 0.15) is 54.1 Å². The van der Waals surface area contributed by atoms with Crippen LogP contribution in [-0.2, 0) is 26.8 Å². The molecule has 2 aliphatic heterocycles. The normalized spacial score (nSPS) is 19.5. The van der Waals surface area contributed by atoms with Crippen molar-refractivity contribution in [2.45, 2.75) is 55.5 Å². The Labute approximate surface area is 251 Å². The second kappa shape index (κ2) is 10.9. The van der Waals surface area contributed by atoms with Gasteiger partial charge in [-0.15, -0.1) is 0 Å². The lowest BCUT2D eigenvalue weighted by molar-refractivity contribution is -0.130. The summed E-state index contributed by atoms with van der Waals surface area (Å²) in [6.07, 6.45) is 3.11. The van der Waals surface area contributed by atoms with E-state index in [2.05, 4.69) is 5.32 Å². The van der Waals surface area contributed by atoms with E-state index in [9.17, 15) is 18.0 Å². The maximum Gasteiger partial charge on any atom is 0.264 e. The number of piperidine rings is 1. The van der Waals surface area contributed by atoms with E-state index in [4.69, 9.17) is 16.3 Å². The molecule has 1 aliphatic carbocycles. The molecule has 220 valence electrons. The molecule has 1 saturated carbocycles. The standard InChI is InChI=1S/C32H34ClN3O5S/c1-21(37)35-16-14-32(15-17-35)27-18-23(31(38)34-20-24-6-3-4-9-28(24)33)12-13-29(27)36(30(32)22-10-11-22)42(39,40)26-8-5-7-25(19-26)41-2/h3-9,12-13,18-19,22,30H,10-11,14-17,20H2,1-2H3,(H,34,38). The van der Waals surface area contributed by atoms with Gasteiger partial charge in [0.15, 0.2) is 0 Å². The van der Waals surface area contributed by atoms with Gasteiger partial charge in [-0.05, 0) is 79.1 Å². The van der Waals surface area contributed by atoms with E-state index >= 15 is 0 Å². The van der Waals surface area contributed by atoms with Crippen LogP contribution < -0.4 is 14.4 Å². The third kappa shape index (κ3) is 4.92. The molecule has 1 unspecified atom stereocenters. The van der Waals surface area contributed by atoms with Crippen molar-refractivity contribution in [3.05, 3.63) is 88.4 Å². The van der Waals surface area contributed by atoms with Gasteiger partial charge in [0.05, 0.1) is 23.7 Å². The molecular weight excluding hydrogens is 574 g/mol. The van der Waals surface area contributed by atoms with Crippen LogP contribution in [0.2, 0.25) is 5.02 Å². The van der Waals surface area contributed by atoms with Gasteiger partial charge in [0, 0.05) is 48.6 Å². The Morgan fingerprint density at radius 3 is 2.43 bits per heavy atom. The van der Waals surface area contributed by atoms with Crippen LogP contribution in [0.25, 0.3) is 0 Å². The first-order valence-electron chi connectivity index (χ1n) is 14.3. The van der Waals surface area contributed by atoms with Crippen molar-refractivity contribution < 1.29 is 22.7 Å². The number of benzene rings is 3. The summed E-state index contributed by atoms with van der Waals surface area (Å²) in [5.74, 6) is 0.415. The van der Waals surface area contributed by atoms with Gasteiger partial charge in [0.25, 0.3) is 15.9 Å². The fourth-order valence-electron chi connectivity index (χ4n) is 6.72. The summed E-state index contributed by atoms with van der Waals surface area (Å²) < 4.78 is 35.8. The van der Waals surface area contributed by atoms with E-state index in [0.717, 1.165) is 24.0 Å². The highest BCUT2D eigenvalue weighted by Crippen LogP contribution is 2.59. The van der Waals surface area contributed by atoms with Crippen molar-refractivity contribution in [2.75, 3.05) is 24.5 Å². The molecule has 3 aromatic rings. The zero-order valence-electron chi connectivity index (χ0n) is 23.7. The average molecular weight is 608 g/mol. The van der Waals surface area contributed by atoms with Crippen LogP contribution in [0.4, 0.5) is 5.69 Å². The van der Waals surface area contributed by atoms with E-state index < -0.39 is 15.4 Å². The van der Waals surface area contributed by atoms with Crippen LogP contribution >= 0.6 is 11.6 Å². The molecule has 8 nitrogen and oxygen atoms in total. The monoisotopic (exact) mass is 607 g/mol. The van der Waals surface area contributed by atoms with E-state index in [1.165, 1.54) is 7.11 Å². The van der Waals surface area contributed by atoms with E-state index in [-0.39, 0.29) is 35.2 Å². The van der Waals surface area contributed by atoms with Gasteiger partial charge >= 0.3 is 0 Å². The van der Waals surface area contributed by atoms with Crippen LogP contribution in [0.5, 0.6) is 5.75 Å². The molecule has 1 N–H and O–H groups in total. The molecule has 2 amide bonds. The summed E-state index contributed by atoms with van der Waals surface area (Å²) in [4.78, 5) is 27.6. The Bertz CT molecular complexity index is 1650. The van der Waals surface area contributed by atoms with Crippen LogP contribution in [0, 0.1) is 5.92 Å². The maximum atomic E-state index is 14.4. The number of likely N-dealkylation sites (tertiary alicyclic amines) is 1. The highest BCUT2D eigenvalue weighted by molar-refractivity contribution is 7.93. The number of ether oxygens (including phenoxy) is 1. The van der Waals surface area contributed by atoms with Gasteiger partial charge in [0.2, 0.25) is 5.91 Å². The van der Waals surface area contributed by atoms with Gasteiger partial charge in [-0.2, -0.15) is 0 Å². The second-order valence-corrected chi connectivity index (χ2v) is 13.7. The number of carbonyl (C=O) groups is 2. The first-order chi connectivity index (χ1) is 20.2. The van der Waals surface area contributed by atoms with Gasteiger partial charge in [-0.1, -0.05) is 35.9 Å². The molecular formula is C32H34ClN3O5S. The Kier molecular flexibility index (Phi) is 7.43. The first-order valence-corrected chi connectivity index (χ1v) is 16.1. The van der Waals surface area contributed by atoms with Crippen molar-refractivity contribution >= 4 is 39.1 Å². The summed E-state index contributed by atoms with van der Waals surface area (Å²) in [7, 11) is -2.46. The van der Waals surface area contributed by atoms with Gasteiger partial charge in [-0.25, -0.2) is 8.42 Å². The smallest absolute Gasteiger partial charge is 0.264 e. The number of nitrogens with zero attached hydrogens (tertiary/aromatic N) is 2. The van der Waals surface area contributed by atoms with Gasteiger partial charge < -0.3 is 15.0 Å². The molecule has 1 spiro atoms. The number of anilines is 1. The summed E-state index contributed by atoms with van der Waals surface area (Å²) in [6, 6.07) is 19.0. The molecule has 0 aromatic heterocycles. The fourth-order valence-corrected chi connectivity index (χ4v) is 8.75. The first kappa shape index (κ1) is 28.6. The lowest BCUT2D eigenvalue weighted by Gasteiger charge is -2.45. The third-order valence-corrected chi connectivity index (χ3v) is 11.2. The Morgan fingerprint density at radius 2 is 1.76 bits per heavy atom. The molecule has 3 aromatic carbocycles. The Morgan fingerprint density at radius 1 is 1.02 bits per heavy atom. The highest BCUT2D eigenvalue weighted by atomic mass is 35.5. The zero-order valence-corrected chi connectivity index (χ0v) is 25.2. The predicted octanol–water partition coefficient (Wildman–Crippen LogP) is 5.15. The van der Waals surface area contributed by atoms with Crippen molar-refractivity contribution in [1.29, 1.82) is 0 Å². The highest BCUT2D eigenvalue weighted by Gasteiger charge is 2.60. The molecule has 42 heavy (non-hydrogen) atoms. The average Bonchev–Trinajstić information content (AvgIpc) is 3.80. The second-order valence-electron chi connectivity index (χ2n) is 11.4. The lowest BCUT2D eigenvalue weighted by atomic mass is 9.68. The quantitative estimate of drug-likeness (QED) is 0.401. The van der Waals surface area contributed by atoms with Crippen LogP contribution in [-0.4, -0.2) is 51.4 Å². The van der Waals surface area contributed by atoms with E-state index in [1.54, 1.807) is 53.7 Å².